The highest BCUT2D eigenvalue weighted by molar-refractivity contribution is 7.98. The van der Waals surface area contributed by atoms with Crippen molar-refractivity contribution in [1.29, 1.82) is 0 Å². The van der Waals surface area contributed by atoms with E-state index in [4.69, 9.17) is 9.84 Å². The number of carboxylic acids is 1. The number of unbranched alkanes of at least 4 members (excludes halogenated alkanes) is 2. The number of thioether (sulfide) groups is 1. The molecule has 0 saturated carbocycles. The third-order valence-electron chi connectivity index (χ3n) is 2.48. The largest absolute Gasteiger partial charge is 0.480 e. The molecule has 0 aliphatic carbocycles. The van der Waals surface area contributed by atoms with Crippen LogP contribution in [-0.2, 0) is 9.53 Å². The lowest BCUT2D eigenvalue weighted by Crippen LogP contribution is -2.44. The Morgan fingerprint density at radius 1 is 1.32 bits per heavy atom. The van der Waals surface area contributed by atoms with Gasteiger partial charge in [0.25, 0.3) is 0 Å². The van der Waals surface area contributed by atoms with E-state index in [1.165, 1.54) is 12.0 Å². The summed E-state index contributed by atoms with van der Waals surface area (Å²) < 4.78 is 4.86. The van der Waals surface area contributed by atoms with Gasteiger partial charge in [-0.15, -0.1) is 0 Å². The van der Waals surface area contributed by atoms with E-state index in [-0.39, 0.29) is 19.1 Å². The zero-order chi connectivity index (χ0) is 14.5. The fourth-order valence-corrected chi connectivity index (χ4v) is 1.97. The van der Waals surface area contributed by atoms with Crippen LogP contribution in [0.5, 0.6) is 0 Å². The highest BCUT2D eigenvalue weighted by atomic mass is 32.2. The first kappa shape index (κ1) is 18.0. The van der Waals surface area contributed by atoms with Crippen LogP contribution in [0.1, 0.15) is 19.3 Å². The number of ether oxygens (including phenoxy) is 1. The van der Waals surface area contributed by atoms with E-state index >= 15 is 0 Å². The molecule has 112 valence electrons. The quantitative estimate of drug-likeness (QED) is 0.561. The van der Waals surface area contributed by atoms with Gasteiger partial charge in [-0.2, -0.15) is 11.8 Å². The Hall–Kier alpha value is -0.950. The monoisotopic (exact) mass is 292 g/mol. The molecule has 6 nitrogen and oxygen atoms in total. The molecule has 0 fully saturated rings. The second kappa shape index (κ2) is 12.1. The average Bonchev–Trinajstić information content (AvgIpc) is 2.37. The first-order chi connectivity index (χ1) is 9.11. The summed E-state index contributed by atoms with van der Waals surface area (Å²) in [4.78, 5) is 23.7. The SMILES string of the molecule is COCCN(CC(=O)O)C(=O)NCCCCCSC. The lowest BCUT2D eigenvalue weighted by Gasteiger charge is -2.20. The van der Waals surface area contributed by atoms with E-state index in [9.17, 15) is 9.59 Å². The van der Waals surface area contributed by atoms with E-state index in [0.717, 1.165) is 25.0 Å². The van der Waals surface area contributed by atoms with E-state index in [1.54, 1.807) is 0 Å². The summed E-state index contributed by atoms with van der Waals surface area (Å²) in [5, 5.41) is 11.5. The third kappa shape index (κ3) is 10.6. The van der Waals surface area contributed by atoms with Crippen LogP contribution in [0.2, 0.25) is 0 Å². The number of aliphatic carboxylic acids is 1. The Morgan fingerprint density at radius 3 is 2.63 bits per heavy atom. The number of hydrogen-bond donors (Lipinski definition) is 2. The molecule has 0 bridgehead atoms. The Bertz CT molecular complexity index is 264. The van der Waals surface area contributed by atoms with Crippen molar-refractivity contribution in [2.24, 2.45) is 0 Å². The maximum absolute atomic E-state index is 11.8. The molecule has 0 atom stereocenters. The fourth-order valence-electron chi connectivity index (χ4n) is 1.47. The van der Waals surface area contributed by atoms with Crippen LogP contribution >= 0.6 is 11.8 Å². The maximum atomic E-state index is 11.8. The van der Waals surface area contributed by atoms with Crippen LogP contribution in [-0.4, -0.2) is 67.4 Å². The molecule has 0 spiro atoms. The summed E-state index contributed by atoms with van der Waals surface area (Å²) in [7, 11) is 1.52. The topological polar surface area (TPSA) is 78.9 Å². The van der Waals surface area contributed by atoms with Crippen molar-refractivity contribution in [2.75, 3.05) is 45.4 Å². The second-order valence-electron chi connectivity index (χ2n) is 4.09. The van der Waals surface area contributed by atoms with Gasteiger partial charge in [0.15, 0.2) is 0 Å². The van der Waals surface area contributed by atoms with Crippen LogP contribution in [0, 0.1) is 0 Å². The van der Waals surface area contributed by atoms with Gasteiger partial charge in [0.2, 0.25) is 0 Å². The molecule has 0 aliphatic rings. The summed E-state index contributed by atoms with van der Waals surface area (Å²) in [5.74, 6) is 0.110. The number of methoxy groups -OCH3 is 1. The van der Waals surface area contributed by atoms with Crippen molar-refractivity contribution in [1.82, 2.24) is 10.2 Å². The molecule has 0 heterocycles. The van der Waals surface area contributed by atoms with E-state index in [1.807, 2.05) is 11.8 Å². The van der Waals surface area contributed by atoms with E-state index < -0.39 is 5.97 Å². The molecule has 0 aromatic carbocycles. The number of urea groups is 1. The van der Waals surface area contributed by atoms with Gasteiger partial charge < -0.3 is 20.1 Å². The van der Waals surface area contributed by atoms with Crippen molar-refractivity contribution in [3.63, 3.8) is 0 Å². The van der Waals surface area contributed by atoms with Crippen molar-refractivity contribution >= 4 is 23.8 Å². The number of carbonyl (C=O) groups excluding carboxylic acids is 1. The van der Waals surface area contributed by atoms with Crippen molar-refractivity contribution < 1.29 is 19.4 Å². The summed E-state index contributed by atoms with van der Waals surface area (Å²) in [6.45, 7) is 0.882. The number of nitrogens with zero attached hydrogens (tertiary/aromatic N) is 1. The number of hydrogen-bond acceptors (Lipinski definition) is 4. The van der Waals surface area contributed by atoms with Gasteiger partial charge >= 0.3 is 12.0 Å². The van der Waals surface area contributed by atoms with Gasteiger partial charge in [0, 0.05) is 20.2 Å². The summed E-state index contributed by atoms with van der Waals surface area (Å²) in [5.41, 5.74) is 0. The Morgan fingerprint density at radius 2 is 2.05 bits per heavy atom. The molecule has 0 unspecified atom stereocenters. The molecule has 2 amide bonds. The van der Waals surface area contributed by atoms with Crippen LogP contribution in [0.4, 0.5) is 4.79 Å². The van der Waals surface area contributed by atoms with Crippen molar-refractivity contribution in [2.45, 2.75) is 19.3 Å². The molecule has 2 N–H and O–H groups in total. The van der Waals surface area contributed by atoms with Crippen molar-refractivity contribution in [3.05, 3.63) is 0 Å². The second-order valence-corrected chi connectivity index (χ2v) is 5.08. The minimum absolute atomic E-state index is 0.279. The molecule has 19 heavy (non-hydrogen) atoms. The van der Waals surface area contributed by atoms with Crippen LogP contribution < -0.4 is 5.32 Å². The molecule has 0 radical (unpaired) electrons. The number of nitrogens with one attached hydrogen (secondary N) is 1. The fraction of sp³-hybridized carbons (Fsp3) is 0.833. The zero-order valence-corrected chi connectivity index (χ0v) is 12.5. The average molecular weight is 292 g/mol. The predicted molar refractivity (Wildman–Crippen MR) is 76.7 cm³/mol. The van der Waals surface area contributed by atoms with E-state index in [2.05, 4.69) is 11.6 Å². The standard InChI is InChI=1S/C12H24N2O4S/c1-18-8-7-14(10-11(15)16)12(17)13-6-4-3-5-9-19-2/h3-10H2,1-2H3,(H,13,17)(H,15,16). The first-order valence-electron chi connectivity index (χ1n) is 6.34. The summed E-state index contributed by atoms with van der Waals surface area (Å²) >= 11 is 1.81. The highest BCUT2D eigenvalue weighted by Crippen LogP contribution is 2.01. The van der Waals surface area contributed by atoms with Gasteiger partial charge in [0.05, 0.1) is 6.61 Å². The third-order valence-corrected chi connectivity index (χ3v) is 3.18. The molecule has 0 aromatic heterocycles. The lowest BCUT2D eigenvalue weighted by atomic mass is 10.2. The van der Waals surface area contributed by atoms with Crippen LogP contribution in [0.25, 0.3) is 0 Å². The molecular formula is C12H24N2O4S. The van der Waals surface area contributed by atoms with Crippen LogP contribution in [0.15, 0.2) is 0 Å². The number of rotatable bonds is 11. The lowest BCUT2D eigenvalue weighted by molar-refractivity contribution is -0.137. The minimum atomic E-state index is -1.02. The maximum Gasteiger partial charge on any atom is 0.323 e. The van der Waals surface area contributed by atoms with Crippen molar-refractivity contribution in [3.8, 4) is 0 Å². The normalized spacial score (nSPS) is 10.2. The molecule has 0 rings (SSSR count). The Balaban J connectivity index is 3.86. The van der Waals surface area contributed by atoms with E-state index in [0.29, 0.717) is 13.2 Å². The first-order valence-corrected chi connectivity index (χ1v) is 7.73. The van der Waals surface area contributed by atoms with Gasteiger partial charge in [-0.3, -0.25) is 4.79 Å². The summed E-state index contributed by atoms with van der Waals surface area (Å²) in [6, 6.07) is -0.343. The van der Waals surface area contributed by atoms with Gasteiger partial charge in [-0.1, -0.05) is 6.42 Å². The van der Waals surface area contributed by atoms with Gasteiger partial charge in [-0.25, -0.2) is 4.79 Å². The number of carboxylic acid groups (broad SMARTS) is 1. The molecule has 0 aliphatic heterocycles. The molecule has 0 saturated heterocycles. The minimum Gasteiger partial charge on any atom is -0.480 e. The predicted octanol–water partition coefficient (Wildman–Crippen LogP) is 1.26. The highest BCUT2D eigenvalue weighted by Gasteiger charge is 2.15. The Labute approximate surface area is 118 Å². The number of carbonyl (C=O) groups is 2. The molecular weight excluding hydrogens is 268 g/mol. The van der Waals surface area contributed by atoms with Gasteiger partial charge in [-0.05, 0) is 24.9 Å². The zero-order valence-electron chi connectivity index (χ0n) is 11.7. The molecule has 0 aromatic rings. The smallest absolute Gasteiger partial charge is 0.323 e. The summed E-state index contributed by atoms with van der Waals surface area (Å²) in [6.07, 6.45) is 5.19. The van der Waals surface area contributed by atoms with Gasteiger partial charge in [0.1, 0.15) is 6.54 Å². The van der Waals surface area contributed by atoms with Crippen LogP contribution in [0.3, 0.4) is 0 Å². The molecule has 7 heteroatoms. The number of amides is 2. The Kier molecular flexibility index (Phi) is 11.5.